The number of nitrogens with one attached hydrogen (secondary N) is 1. The summed E-state index contributed by atoms with van der Waals surface area (Å²) < 4.78 is 0.840. The minimum atomic E-state index is -1.33. The Kier molecular flexibility index (Phi) is 5.91. The van der Waals surface area contributed by atoms with Crippen LogP contribution in [0.2, 0.25) is 0 Å². The number of aliphatic carboxylic acids is 1. The van der Waals surface area contributed by atoms with Gasteiger partial charge in [-0.1, -0.05) is 28.1 Å². The molecule has 0 aromatic heterocycles. The molecule has 1 aromatic carbocycles. The molecule has 0 heterocycles. The molecule has 0 saturated carbocycles. The molecule has 0 aliphatic carbocycles. The largest absolute Gasteiger partial charge is 0.480 e. The molecule has 3 N–H and O–H groups in total. The van der Waals surface area contributed by atoms with Gasteiger partial charge in [0.15, 0.2) is 6.04 Å². The van der Waals surface area contributed by atoms with Gasteiger partial charge in [-0.15, -0.1) is 0 Å². The number of rotatable bonds is 5. The number of hydrogen-bond acceptors (Lipinski definition) is 3. The number of aliphatic hydroxyl groups is 1. The number of carbonyl (C=O) groups excluding carboxylic acids is 1. The number of amides is 1. The molecule has 0 spiro atoms. The van der Waals surface area contributed by atoms with Crippen LogP contribution in [0.3, 0.4) is 0 Å². The molecular weight excluding hydrogens is 326 g/mol. The second-order valence-electron chi connectivity index (χ2n) is 4.42. The van der Waals surface area contributed by atoms with E-state index in [4.69, 9.17) is 5.11 Å². The molecule has 0 aliphatic rings. The number of carboxylic acid groups (broad SMARTS) is 1. The second-order valence-corrected chi connectivity index (χ2v) is 5.28. The lowest BCUT2D eigenvalue weighted by Crippen LogP contribution is -2.47. The lowest BCUT2D eigenvalue weighted by Gasteiger charge is -2.15. The molecule has 1 rings (SSSR count). The van der Waals surface area contributed by atoms with Gasteiger partial charge in [0.05, 0.1) is 6.10 Å². The smallest absolute Gasteiger partial charge is 0.328 e. The van der Waals surface area contributed by atoms with Crippen LogP contribution in [0.15, 0.2) is 28.7 Å². The molecule has 20 heavy (non-hydrogen) atoms. The first kappa shape index (κ1) is 16.4. The molecule has 2 atom stereocenters. The average molecular weight is 342 g/mol. The third kappa shape index (κ3) is 4.79. The standard InChI is InChI=1S/C14H16BrNO4/c1-8-3-4-10(11(15)7-8)5-6-12(18)16-13(9(2)17)14(19)20/h3-7,9,13,17H,1-2H3,(H,16,18)(H,19,20)/b6-5+. The third-order valence-electron chi connectivity index (χ3n) is 2.62. The fourth-order valence-electron chi connectivity index (χ4n) is 1.52. The minimum absolute atomic E-state index is 0.578. The Bertz CT molecular complexity index is 540. The highest BCUT2D eigenvalue weighted by molar-refractivity contribution is 9.10. The van der Waals surface area contributed by atoms with Gasteiger partial charge in [0.25, 0.3) is 0 Å². The van der Waals surface area contributed by atoms with Crippen LogP contribution in [0.25, 0.3) is 6.08 Å². The number of halogens is 1. The normalized spacial score (nSPS) is 14.0. The number of aliphatic hydroxyl groups excluding tert-OH is 1. The summed E-state index contributed by atoms with van der Waals surface area (Å²) in [5.41, 5.74) is 1.88. The Morgan fingerprint density at radius 2 is 2.05 bits per heavy atom. The van der Waals surface area contributed by atoms with E-state index in [0.717, 1.165) is 15.6 Å². The summed E-state index contributed by atoms with van der Waals surface area (Å²) in [6.45, 7) is 3.25. The predicted octanol–water partition coefficient (Wildman–Crippen LogP) is 1.72. The maximum Gasteiger partial charge on any atom is 0.328 e. The van der Waals surface area contributed by atoms with Crippen LogP contribution in [0.4, 0.5) is 0 Å². The molecule has 108 valence electrons. The van der Waals surface area contributed by atoms with Crippen molar-refractivity contribution in [3.05, 3.63) is 39.9 Å². The molecule has 1 amide bonds. The van der Waals surface area contributed by atoms with Gasteiger partial charge in [0.1, 0.15) is 0 Å². The first-order chi connectivity index (χ1) is 9.31. The van der Waals surface area contributed by atoms with Crippen LogP contribution >= 0.6 is 15.9 Å². The van der Waals surface area contributed by atoms with Crippen molar-refractivity contribution in [1.82, 2.24) is 5.32 Å². The van der Waals surface area contributed by atoms with Crippen LogP contribution in [-0.4, -0.2) is 34.2 Å². The van der Waals surface area contributed by atoms with E-state index >= 15 is 0 Å². The monoisotopic (exact) mass is 341 g/mol. The van der Waals surface area contributed by atoms with Crippen LogP contribution in [0.1, 0.15) is 18.1 Å². The van der Waals surface area contributed by atoms with E-state index in [1.165, 1.54) is 13.0 Å². The van der Waals surface area contributed by atoms with Gasteiger partial charge in [0.2, 0.25) is 5.91 Å². The van der Waals surface area contributed by atoms with E-state index in [1.54, 1.807) is 6.08 Å². The summed E-state index contributed by atoms with van der Waals surface area (Å²) in [5, 5.41) is 20.3. The molecule has 1 aromatic rings. The van der Waals surface area contributed by atoms with E-state index in [-0.39, 0.29) is 0 Å². The van der Waals surface area contributed by atoms with Gasteiger partial charge >= 0.3 is 5.97 Å². The molecule has 0 fully saturated rings. The quantitative estimate of drug-likeness (QED) is 0.711. The summed E-state index contributed by atoms with van der Waals surface area (Å²) in [5.74, 6) is -1.86. The zero-order valence-electron chi connectivity index (χ0n) is 11.1. The SMILES string of the molecule is Cc1ccc(/C=C/C(=O)NC(C(=O)O)C(C)O)c(Br)c1. The van der Waals surface area contributed by atoms with E-state index < -0.39 is 24.0 Å². The van der Waals surface area contributed by atoms with Crippen LogP contribution in [0.5, 0.6) is 0 Å². The summed E-state index contributed by atoms with van der Waals surface area (Å²) in [7, 11) is 0. The van der Waals surface area contributed by atoms with Crippen molar-refractivity contribution >= 4 is 33.9 Å². The van der Waals surface area contributed by atoms with Crippen molar-refractivity contribution in [2.75, 3.05) is 0 Å². The molecule has 6 heteroatoms. The molecular formula is C14H16BrNO4. The Morgan fingerprint density at radius 3 is 2.55 bits per heavy atom. The van der Waals surface area contributed by atoms with Crippen molar-refractivity contribution in [3.8, 4) is 0 Å². The molecule has 0 saturated heterocycles. The number of benzene rings is 1. The average Bonchev–Trinajstić information content (AvgIpc) is 2.34. The minimum Gasteiger partial charge on any atom is -0.480 e. The van der Waals surface area contributed by atoms with Gasteiger partial charge in [-0.05, 0) is 37.1 Å². The van der Waals surface area contributed by atoms with Crippen LogP contribution in [-0.2, 0) is 9.59 Å². The van der Waals surface area contributed by atoms with Crippen molar-refractivity contribution < 1.29 is 19.8 Å². The number of carboxylic acids is 1. The maximum absolute atomic E-state index is 11.6. The molecule has 0 radical (unpaired) electrons. The van der Waals surface area contributed by atoms with Crippen molar-refractivity contribution in [3.63, 3.8) is 0 Å². The lowest BCUT2D eigenvalue weighted by molar-refractivity contribution is -0.144. The summed E-state index contributed by atoms with van der Waals surface area (Å²) in [6.07, 6.45) is 1.63. The van der Waals surface area contributed by atoms with Gasteiger partial charge < -0.3 is 15.5 Å². The fourth-order valence-corrected chi connectivity index (χ4v) is 2.15. The summed E-state index contributed by atoms with van der Waals surface area (Å²) in [4.78, 5) is 22.5. The van der Waals surface area contributed by atoms with Crippen molar-refractivity contribution in [2.24, 2.45) is 0 Å². The molecule has 0 bridgehead atoms. The maximum atomic E-state index is 11.6. The highest BCUT2D eigenvalue weighted by atomic mass is 79.9. The van der Waals surface area contributed by atoms with Gasteiger partial charge in [-0.2, -0.15) is 0 Å². The zero-order valence-corrected chi connectivity index (χ0v) is 12.7. The Labute approximate surface area is 125 Å². The van der Waals surface area contributed by atoms with Gasteiger partial charge in [0, 0.05) is 10.5 Å². The molecule has 0 aliphatic heterocycles. The summed E-state index contributed by atoms with van der Waals surface area (Å²) >= 11 is 3.38. The second kappa shape index (κ2) is 7.21. The topological polar surface area (TPSA) is 86.6 Å². The number of carbonyl (C=O) groups is 2. The van der Waals surface area contributed by atoms with E-state index in [1.807, 2.05) is 25.1 Å². The fraction of sp³-hybridized carbons (Fsp3) is 0.286. The zero-order chi connectivity index (χ0) is 15.3. The van der Waals surface area contributed by atoms with Crippen molar-refractivity contribution in [2.45, 2.75) is 26.0 Å². The van der Waals surface area contributed by atoms with E-state index in [0.29, 0.717) is 0 Å². The van der Waals surface area contributed by atoms with Crippen LogP contribution in [0, 0.1) is 6.92 Å². The van der Waals surface area contributed by atoms with E-state index in [9.17, 15) is 14.7 Å². The Hall–Kier alpha value is -1.66. The van der Waals surface area contributed by atoms with Crippen LogP contribution < -0.4 is 5.32 Å². The molecule has 2 unspecified atom stereocenters. The highest BCUT2D eigenvalue weighted by Crippen LogP contribution is 2.19. The lowest BCUT2D eigenvalue weighted by atomic mass is 10.1. The first-order valence-electron chi connectivity index (χ1n) is 5.97. The Balaban J connectivity index is 2.75. The number of hydrogen-bond donors (Lipinski definition) is 3. The van der Waals surface area contributed by atoms with Gasteiger partial charge in [-0.3, -0.25) is 4.79 Å². The van der Waals surface area contributed by atoms with Crippen molar-refractivity contribution in [1.29, 1.82) is 0 Å². The molecule has 5 nitrogen and oxygen atoms in total. The Morgan fingerprint density at radius 1 is 1.40 bits per heavy atom. The highest BCUT2D eigenvalue weighted by Gasteiger charge is 2.23. The van der Waals surface area contributed by atoms with E-state index in [2.05, 4.69) is 21.2 Å². The third-order valence-corrected chi connectivity index (χ3v) is 3.30. The first-order valence-corrected chi connectivity index (χ1v) is 6.76. The predicted molar refractivity (Wildman–Crippen MR) is 79.2 cm³/mol. The van der Waals surface area contributed by atoms with Gasteiger partial charge in [-0.25, -0.2) is 4.79 Å². The number of aryl methyl sites for hydroxylation is 1. The summed E-state index contributed by atoms with van der Waals surface area (Å²) in [6, 6.07) is 4.33.